The summed E-state index contributed by atoms with van der Waals surface area (Å²) >= 11 is 0. The predicted molar refractivity (Wildman–Crippen MR) is 79.6 cm³/mol. The SMILES string of the molecule is CCC(N)Cc1cc(C)ccc1N(CC(F)(F)F)C1CC1. The van der Waals surface area contributed by atoms with E-state index >= 15 is 0 Å². The first-order valence-corrected chi connectivity index (χ1v) is 7.48. The predicted octanol–water partition coefficient (Wildman–Crippen LogP) is 3.81. The molecule has 1 atom stereocenters. The van der Waals surface area contributed by atoms with E-state index in [0.29, 0.717) is 12.1 Å². The van der Waals surface area contributed by atoms with Crippen molar-refractivity contribution in [3.05, 3.63) is 29.3 Å². The number of nitrogens with zero attached hydrogens (tertiary/aromatic N) is 1. The van der Waals surface area contributed by atoms with E-state index in [1.54, 1.807) is 0 Å². The third-order valence-corrected chi connectivity index (χ3v) is 3.89. The highest BCUT2D eigenvalue weighted by Gasteiger charge is 2.38. The Morgan fingerprint density at radius 3 is 2.52 bits per heavy atom. The molecule has 0 saturated heterocycles. The van der Waals surface area contributed by atoms with Crippen molar-refractivity contribution in [2.75, 3.05) is 11.4 Å². The van der Waals surface area contributed by atoms with Gasteiger partial charge in [-0.15, -0.1) is 0 Å². The van der Waals surface area contributed by atoms with Gasteiger partial charge in [0.05, 0.1) is 0 Å². The van der Waals surface area contributed by atoms with E-state index in [1.165, 1.54) is 4.90 Å². The number of rotatable bonds is 6. The summed E-state index contributed by atoms with van der Waals surface area (Å²) in [5.41, 5.74) is 8.69. The normalized spacial score (nSPS) is 16.9. The maximum absolute atomic E-state index is 12.9. The Kier molecular flexibility index (Phi) is 4.81. The first-order chi connectivity index (χ1) is 9.80. The third kappa shape index (κ3) is 4.63. The number of nitrogens with two attached hydrogens (primary N) is 1. The van der Waals surface area contributed by atoms with Crippen LogP contribution in [0.2, 0.25) is 0 Å². The van der Waals surface area contributed by atoms with Crippen LogP contribution >= 0.6 is 0 Å². The molecule has 5 heteroatoms. The molecular formula is C16H23F3N2. The quantitative estimate of drug-likeness (QED) is 0.865. The van der Waals surface area contributed by atoms with E-state index in [9.17, 15) is 13.2 Å². The molecule has 1 aliphatic carbocycles. The van der Waals surface area contributed by atoms with Gasteiger partial charge >= 0.3 is 6.18 Å². The van der Waals surface area contributed by atoms with Gasteiger partial charge in [0.15, 0.2) is 0 Å². The van der Waals surface area contributed by atoms with Gasteiger partial charge in [-0.1, -0.05) is 24.6 Å². The Morgan fingerprint density at radius 1 is 1.33 bits per heavy atom. The lowest BCUT2D eigenvalue weighted by Crippen LogP contribution is -2.37. The summed E-state index contributed by atoms with van der Waals surface area (Å²) in [7, 11) is 0. The molecule has 0 spiro atoms. The fraction of sp³-hybridized carbons (Fsp3) is 0.625. The van der Waals surface area contributed by atoms with E-state index in [1.807, 2.05) is 32.0 Å². The Hall–Kier alpha value is -1.23. The molecule has 0 aromatic heterocycles. The zero-order valence-corrected chi connectivity index (χ0v) is 12.6. The summed E-state index contributed by atoms with van der Waals surface area (Å²) < 4.78 is 38.6. The van der Waals surface area contributed by atoms with E-state index in [2.05, 4.69) is 0 Å². The molecule has 1 aromatic carbocycles. The number of benzene rings is 1. The summed E-state index contributed by atoms with van der Waals surface area (Å²) in [6.45, 7) is 3.07. The molecule has 2 nitrogen and oxygen atoms in total. The maximum atomic E-state index is 12.9. The van der Waals surface area contributed by atoms with Crippen LogP contribution < -0.4 is 10.6 Å². The van der Waals surface area contributed by atoms with Crippen molar-refractivity contribution < 1.29 is 13.2 Å². The van der Waals surface area contributed by atoms with Gasteiger partial charge in [-0.2, -0.15) is 13.2 Å². The van der Waals surface area contributed by atoms with Gasteiger partial charge < -0.3 is 10.6 Å². The van der Waals surface area contributed by atoms with Crippen LogP contribution in [0.15, 0.2) is 18.2 Å². The summed E-state index contributed by atoms with van der Waals surface area (Å²) in [6.07, 6.45) is -1.07. The molecule has 1 fully saturated rings. The average molecular weight is 300 g/mol. The molecule has 1 aromatic rings. The molecule has 0 radical (unpaired) electrons. The summed E-state index contributed by atoms with van der Waals surface area (Å²) in [6, 6.07) is 5.67. The second-order valence-electron chi connectivity index (χ2n) is 5.98. The van der Waals surface area contributed by atoms with Crippen molar-refractivity contribution in [3.63, 3.8) is 0 Å². The maximum Gasteiger partial charge on any atom is 0.405 e. The lowest BCUT2D eigenvalue weighted by Gasteiger charge is -2.29. The minimum atomic E-state index is -4.18. The van der Waals surface area contributed by atoms with E-state index in [-0.39, 0.29) is 12.1 Å². The molecule has 2 N–H and O–H groups in total. The van der Waals surface area contributed by atoms with Gasteiger partial charge in [0.2, 0.25) is 0 Å². The van der Waals surface area contributed by atoms with Gasteiger partial charge in [0.25, 0.3) is 0 Å². The molecule has 2 rings (SSSR count). The Morgan fingerprint density at radius 2 is 2.00 bits per heavy atom. The Bertz CT molecular complexity index is 481. The van der Waals surface area contributed by atoms with E-state index < -0.39 is 12.7 Å². The van der Waals surface area contributed by atoms with Crippen molar-refractivity contribution >= 4 is 5.69 Å². The van der Waals surface area contributed by atoms with Crippen LogP contribution in [0.4, 0.5) is 18.9 Å². The standard InChI is InChI=1S/C16H23F3N2/c1-3-13(20)9-12-8-11(2)4-7-15(12)21(14-5-6-14)10-16(17,18)19/h4,7-8,13-14H,3,5-6,9-10,20H2,1-2H3. The van der Waals surface area contributed by atoms with Crippen molar-refractivity contribution in [2.45, 2.75) is 57.8 Å². The van der Waals surface area contributed by atoms with Gasteiger partial charge in [-0.3, -0.25) is 0 Å². The molecule has 1 saturated carbocycles. The van der Waals surface area contributed by atoms with Crippen LogP contribution in [0.3, 0.4) is 0 Å². The van der Waals surface area contributed by atoms with Crippen molar-refractivity contribution in [3.8, 4) is 0 Å². The van der Waals surface area contributed by atoms with Crippen LogP contribution in [0, 0.1) is 6.92 Å². The molecule has 0 amide bonds. The van der Waals surface area contributed by atoms with Crippen LogP contribution in [0.5, 0.6) is 0 Å². The molecule has 21 heavy (non-hydrogen) atoms. The molecule has 1 aliphatic rings. The Labute approximate surface area is 124 Å². The zero-order valence-electron chi connectivity index (χ0n) is 12.6. The summed E-state index contributed by atoms with van der Waals surface area (Å²) in [4.78, 5) is 1.51. The number of hydrogen-bond donors (Lipinski definition) is 1. The summed E-state index contributed by atoms with van der Waals surface area (Å²) in [5, 5.41) is 0. The number of anilines is 1. The molecule has 0 bridgehead atoms. The number of alkyl halides is 3. The summed E-state index contributed by atoms with van der Waals surface area (Å²) in [5.74, 6) is 0. The van der Waals surface area contributed by atoms with Gasteiger partial charge in [0, 0.05) is 17.8 Å². The fourth-order valence-electron chi connectivity index (χ4n) is 2.58. The number of hydrogen-bond acceptors (Lipinski definition) is 2. The highest BCUT2D eigenvalue weighted by atomic mass is 19.4. The van der Waals surface area contributed by atoms with E-state index in [0.717, 1.165) is 30.4 Å². The lowest BCUT2D eigenvalue weighted by molar-refractivity contribution is -0.120. The fourth-order valence-corrected chi connectivity index (χ4v) is 2.58. The average Bonchev–Trinajstić information content (AvgIpc) is 3.19. The van der Waals surface area contributed by atoms with Gasteiger partial charge in [0.1, 0.15) is 6.54 Å². The first-order valence-electron chi connectivity index (χ1n) is 7.48. The van der Waals surface area contributed by atoms with Crippen LogP contribution in [-0.4, -0.2) is 24.8 Å². The second kappa shape index (κ2) is 6.26. The molecule has 0 heterocycles. The minimum absolute atomic E-state index is 0.0162. The smallest absolute Gasteiger partial charge is 0.359 e. The van der Waals surface area contributed by atoms with Crippen LogP contribution in [0.25, 0.3) is 0 Å². The third-order valence-electron chi connectivity index (χ3n) is 3.89. The van der Waals surface area contributed by atoms with E-state index in [4.69, 9.17) is 5.73 Å². The molecule has 1 unspecified atom stereocenters. The van der Waals surface area contributed by atoms with Crippen molar-refractivity contribution in [2.24, 2.45) is 5.73 Å². The van der Waals surface area contributed by atoms with Crippen molar-refractivity contribution in [1.29, 1.82) is 0 Å². The molecule has 118 valence electrons. The second-order valence-corrected chi connectivity index (χ2v) is 5.98. The van der Waals surface area contributed by atoms with Crippen LogP contribution in [0.1, 0.15) is 37.3 Å². The molecule has 0 aliphatic heterocycles. The minimum Gasteiger partial charge on any atom is -0.359 e. The van der Waals surface area contributed by atoms with Gasteiger partial charge in [-0.05, 0) is 44.2 Å². The van der Waals surface area contributed by atoms with Gasteiger partial charge in [-0.25, -0.2) is 0 Å². The highest BCUT2D eigenvalue weighted by molar-refractivity contribution is 5.57. The topological polar surface area (TPSA) is 29.3 Å². The van der Waals surface area contributed by atoms with Crippen molar-refractivity contribution in [1.82, 2.24) is 0 Å². The molecular weight excluding hydrogens is 277 g/mol. The first kappa shape index (κ1) is 16.1. The van der Waals surface area contributed by atoms with Crippen LogP contribution in [-0.2, 0) is 6.42 Å². The number of aryl methyl sites for hydroxylation is 1. The highest BCUT2D eigenvalue weighted by Crippen LogP contribution is 2.36. The zero-order chi connectivity index (χ0) is 15.6. The lowest BCUT2D eigenvalue weighted by atomic mass is 10.00. The largest absolute Gasteiger partial charge is 0.405 e. The Balaban J connectivity index is 2.30. The monoisotopic (exact) mass is 300 g/mol. The number of halogens is 3.